The highest BCUT2D eigenvalue weighted by atomic mass is 16.5. The van der Waals surface area contributed by atoms with Crippen molar-refractivity contribution in [1.82, 2.24) is 4.98 Å². The highest BCUT2D eigenvalue weighted by Gasteiger charge is 2.06. The van der Waals surface area contributed by atoms with Crippen LogP contribution in [0.2, 0.25) is 0 Å². The third-order valence-electron chi connectivity index (χ3n) is 1.88. The lowest BCUT2D eigenvalue weighted by molar-refractivity contribution is 0.0643. The Balaban J connectivity index is 2.56. The van der Waals surface area contributed by atoms with Gasteiger partial charge in [-0.15, -0.1) is 0 Å². The number of nitrogens with zero attached hydrogens (tertiary/aromatic N) is 1. The molecule has 0 aromatic carbocycles. The summed E-state index contributed by atoms with van der Waals surface area (Å²) in [4.78, 5) is 4.25. The molecule has 0 amide bonds. The van der Waals surface area contributed by atoms with E-state index in [0.717, 1.165) is 5.69 Å². The maximum Gasteiger partial charge on any atom is 0.213 e. The minimum atomic E-state index is -0.514. The van der Waals surface area contributed by atoms with Gasteiger partial charge in [0.05, 0.1) is 19.3 Å². The zero-order chi connectivity index (χ0) is 11.1. The fraction of sp³-hybridized carbons (Fsp3) is 0.545. The van der Waals surface area contributed by atoms with E-state index in [4.69, 9.17) is 9.47 Å². The molecule has 15 heavy (non-hydrogen) atoms. The minimum Gasteiger partial charge on any atom is -0.478 e. The van der Waals surface area contributed by atoms with Crippen LogP contribution in [-0.2, 0) is 11.2 Å². The van der Waals surface area contributed by atoms with Gasteiger partial charge in [0.2, 0.25) is 5.88 Å². The van der Waals surface area contributed by atoms with Crippen LogP contribution in [0.4, 0.5) is 0 Å². The van der Waals surface area contributed by atoms with E-state index in [0.29, 0.717) is 25.5 Å². The summed E-state index contributed by atoms with van der Waals surface area (Å²) in [5, 5.41) is 9.52. The van der Waals surface area contributed by atoms with Crippen LogP contribution in [0.5, 0.6) is 5.88 Å². The molecule has 0 saturated carbocycles. The molecular formula is C11H17NO3. The molecule has 4 heteroatoms. The van der Waals surface area contributed by atoms with Gasteiger partial charge >= 0.3 is 0 Å². The number of pyridine rings is 1. The molecule has 84 valence electrons. The summed E-state index contributed by atoms with van der Waals surface area (Å²) in [7, 11) is 1.56. The van der Waals surface area contributed by atoms with Gasteiger partial charge in [0.1, 0.15) is 0 Å². The van der Waals surface area contributed by atoms with Crippen molar-refractivity contribution in [1.29, 1.82) is 0 Å². The summed E-state index contributed by atoms with van der Waals surface area (Å²) >= 11 is 0. The zero-order valence-corrected chi connectivity index (χ0v) is 9.14. The van der Waals surface area contributed by atoms with Crippen molar-refractivity contribution < 1.29 is 14.6 Å². The van der Waals surface area contributed by atoms with Gasteiger partial charge in [-0.25, -0.2) is 4.98 Å². The standard InChI is InChI=1S/C11H17NO3/c1-3-15-11-6-4-5-9(12-11)7-10(13)8-14-2/h4-6,10,13H,3,7-8H2,1-2H3. The Bertz CT molecular complexity index is 291. The van der Waals surface area contributed by atoms with Crippen molar-refractivity contribution >= 4 is 0 Å². The molecule has 0 aliphatic rings. The van der Waals surface area contributed by atoms with Crippen molar-refractivity contribution in [3.8, 4) is 5.88 Å². The molecule has 4 nitrogen and oxygen atoms in total. The fourth-order valence-electron chi connectivity index (χ4n) is 1.29. The van der Waals surface area contributed by atoms with E-state index < -0.39 is 6.10 Å². The van der Waals surface area contributed by atoms with Gasteiger partial charge < -0.3 is 14.6 Å². The minimum absolute atomic E-state index is 0.320. The average Bonchev–Trinajstić information content (AvgIpc) is 2.19. The van der Waals surface area contributed by atoms with Crippen LogP contribution >= 0.6 is 0 Å². The molecule has 1 N–H and O–H groups in total. The molecule has 0 spiro atoms. The zero-order valence-electron chi connectivity index (χ0n) is 9.14. The molecular weight excluding hydrogens is 194 g/mol. The maximum absolute atomic E-state index is 9.52. The van der Waals surface area contributed by atoms with Gasteiger partial charge in [-0.3, -0.25) is 0 Å². The van der Waals surface area contributed by atoms with Gasteiger partial charge in [-0.05, 0) is 13.0 Å². The van der Waals surface area contributed by atoms with Gasteiger partial charge in [-0.2, -0.15) is 0 Å². The first kappa shape index (κ1) is 11.9. The summed E-state index contributed by atoms with van der Waals surface area (Å²) in [5.41, 5.74) is 0.811. The van der Waals surface area contributed by atoms with E-state index in [-0.39, 0.29) is 0 Å². The second-order valence-electron chi connectivity index (χ2n) is 3.21. The topological polar surface area (TPSA) is 51.6 Å². The van der Waals surface area contributed by atoms with E-state index in [1.807, 2.05) is 19.1 Å². The van der Waals surface area contributed by atoms with Crippen molar-refractivity contribution in [2.45, 2.75) is 19.4 Å². The average molecular weight is 211 g/mol. The Hall–Kier alpha value is -1.13. The number of hydrogen-bond acceptors (Lipinski definition) is 4. The van der Waals surface area contributed by atoms with Gasteiger partial charge in [-0.1, -0.05) is 6.07 Å². The Morgan fingerprint density at radius 1 is 1.47 bits per heavy atom. The highest BCUT2D eigenvalue weighted by Crippen LogP contribution is 2.09. The summed E-state index contributed by atoms with van der Waals surface area (Å²) in [6.45, 7) is 2.83. The lowest BCUT2D eigenvalue weighted by Gasteiger charge is -2.09. The number of hydrogen-bond donors (Lipinski definition) is 1. The number of aliphatic hydroxyl groups is 1. The third-order valence-corrected chi connectivity index (χ3v) is 1.88. The summed E-state index contributed by atoms with van der Waals surface area (Å²) < 4.78 is 10.1. The Morgan fingerprint density at radius 3 is 2.93 bits per heavy atom. The molecule has 1 aromatic rings. The normalized spacial score (nSPS) is 12.5. The molecule has 1 rings (SSSR count). The smallest absolute Gasteiger partial charge is 0.213 e. The quantitative estimate of drug-likeness (QED) is 0.763. The molecule has 0 bridgehead atoms. The van der Waals surface area contributed by atoms with Crippen LogP contribution < -0.4 is 4.74 Å². The van der Waals surface area contributed by atoms with E-state index >= 15 is 0 Å². The monoisotopic (exact) mass is 211 g/mol. The predicted molar refractivity (Wildman–Crippen MR) is 57.0 cm³/mol. The molecule has 0 aliphatic carbocycles. The van der Waals surface area contributed by atoms with Gasteiger partial charge in [0, 0.05) is 25.3 Å². The fourth-order valence-corrected chi connectivity index (χ4v) is 1.29. The van der Waals surface area contributed by atoms with E-state index in [9.17, 15) is 5.11 Å². The molecule has 1 unspecified atom stereocenters. The van der Waals surface area contributed by atoms with E-state index in [1.165, 1.54) is 0 Å². The highest BCUT2D eigenvalue weighted by molar-refractivity contribution is 5.16. The van der Waals surface area contributed by atoms with Crippen molar-refractivity contribution in [2.75, 3.05) is 20.3 Å². The maximum atomic E-state index is 9.52. The van der Waals surface area contributed by atoms with Crippen molar-refractivity contribution in [2.24, 2.45) is 0 Å². The SMILES string of the molecule is CCOc1cccc(CC(O)COC)n1. The lowest BCUT2D eigenvalue weighted by atomic mass is 10.2. The lowest BCUT2D eigenvalue weighted by Crippen LogP contribution is -2.17. The van der Waals surface area contributed by atoms with Crippen molar-refractivity contribution in [3.05, 3.63) is 23.9 Å². The molecule has 1 heterocycles. The first-order valence-electron chi connectivity index (χ1n) is 5.02. The second kappa shape index (κ2) is 6.37. The van der Waals surface area contributed by atoms with E-state index in [2.05, 4.69) is 4.98 Å². The molecule has 0 saturated heterocycles. The molecule has 1 atom stereocenters. The first-order valence-corrected chi connectivity index (χ1v) is 5.02. The third kappa shape index (κ3) is 4.27. The number of aromatic nitrogens is 1. The second-order valence-corrected chi connectivity index (χ2v) is 3.21. The Morgan fingerprint density at radius 2 is 2.27 bits per heavy atom. The molecule has 0 fully saturated rings. The van der Waals surface area contributed by atoms with Crippen LogP contribution in [0.3, 0.4) is 0 Å². The molecule has 0 aliphatic heterocycles. The van der Waals surface area contributed by atoms with Crippen LogP contribution in [0.1, 0.15) is 12.6 Å². The first-order chi connectivity index (χ1) is 7.26. The Kier molecular flexibility index (Phi) is 5.07. The largest absolute Gasteiger partial charge is 0.478 e. The number of methoxy groups -OCH3 is 1. The van der Waals surface area contributed by atoms with E-state index in [1.54, 1.807) is 13.2 Å². The number of aliphatic hydroxyl groups excluding tert-OH is 1. The predicted octanol–water partition coefficient (Wildman–Crippen LogP) is 1.03. The Labute approximate surface area is 89.9 Å². The number of ether oxygens (including phenoxy) is 2. The summed E-state index contributed by atoms with van der Waals surface area (Å²) in [6.07, 6.45) is -0.0336. The summed E-state index contributed by atoms with van der Waals surface area (Å²) in [5.74, 6) is 0.597. The van der Waals surface area contributed by atoms with Crippen LogP contribution in [0.15, 0.2) is 18.2 Å². The summed E-state index contributed by atoms with van der Waals surface area (Å²) in [6, 6.07) is 5.53. The van der Waals surface area contributed by atoms with Gasteiger partial charge in [0.15, 0.2) is 0 Å². The van der Waals surface area contributed by atoms with Crippen LogP contribution in [-0.4, -0.2) is 36.5 Å². The van der Waals surface area contributed by atoms with Crippen molar-refractivity contribution in [3.63, 3.8) is 0 Å². The molecule has 1 aromatic heterocycles. The number of rotatable bonds is 6. The van der Waals surface area contributed by atoms with Gasteiger partial charge in [0.25, 0.3) is 0 Å². The van der Waals surface area contributed by atoms with Crippen LogP contribution in [0, 0.1) is 0 Å². The van der Waals surface area contributed by atoms with Crippen LogP contribution in [0.25, 0.3) is 0 Å². The molecule has 0 radical (unpaired) electrons.